The van der Waals surface area contributed by atoms with Gasteiger partial charge in [0, 0.05) is 0 Å². The highest BCUT2D eigenvalue weighted by Gasteiger charge is 2.35. The molecular weight excluding hydrogens is 324 g/mol. The van der Waals surface area contributed by atoms with Crippen LogP contribution in [-0.4, -0.2) is 19.2 Å². The fourth-order valence-corrected chi connectivity index (χ4v) is 3.05. The van der Waals surface area contributed by atoms with Crippen LogP contribution in [0.1, 0.15) is 24.0 Å². The van der Waals surface area contributed by atoms with Gasteiger partial charge in [0.05, 0.1) is 5.54 Å². The Balaban J connectivity index is 0.00000208. The van der Waals surface area contributed by atoms with Gasteiger partial charge >= 0.3 is 6.09 Å². The topological polar surface area (TPSA) is 50.4 Å². The molecule has 2 N–H and O–H groups in total. The minimum atomic E-state index is -0.361. The number of nitrogens with one attached hydrogen (secondary N) is 2. The van der Waals surface area contributed by atoms with E-state index in [1.165, 1.54) is 0 Å². The largest absolute Gasteiger partial charge is 0.445 e. The van der Waals surface area contributed by atoms with E-state index >= 15 is 0 Å². The SMILES string of the molecule is Cl.O=C(NC1(c2ccccc2)CCNCC1)OCc1ccccc1. The number of piperidine rings is 1. The molecule has 2 aromatic carbocycles. The average molecular weight is 347 g/mol. The van der Waals surface area contributed by atoms with Crippen LogP contribution in [0.3, 0.4) is 0 Å². The number of hydrogen-bond donors (Lipinski definition) is 2. The van der Waals surface area contributed by atoms with Crippen molar-refractivity contribution in [2.24, 2.45) is 0 Å². The van der Waals surface area contributed by atoms with Gasteiger partial charge < -0.3 is 15.4 Å². The van der Waals surface area contributed by atoms with Crippen molar-refractivity contribution in [3.05, 3.63) is 71.8 Å². The molecular formula is C19H23ClN2O2. The van der Waals surface area contributed by atoms with Gasteiger partial charge in [-0.25, -0.2) is 4.79 Å². The molecule has 0 unspecified atom stereocenters. The molecule has 0 atom stereocenters. The zero-order valence-electron chi connectivity index (χ0n) is 13.5. The zero-order chi connectivity index (χ0) is 16.0. The van der Waals surface area contributed by atoms with Crippen LogP contribution < -0.4 is 10.6 Å². The molecule has 0 saturated carbocycles. The molecule has 4 nitrogen and oxygen atoms in total. The van der Waals surface area contributed by atoms with Crippen LogP contribution in [0.25, 0.3) is 0 Å². The quantitative estimate of drug-likeness (QED) is 0.889. The van der Waals surface area contributed by atoms with Crippen molar-refractivity contribution in [2.75, 3.05) is 13.1 Å². The third kappa shape index (κ3) is 4.49. The number of halogens is 1. The van der Waals surface area contributed by atoms with E-state index in [0.29, 0.717) is 0 Å². The Hall–Kier alpha value is -2.04. The smallest absolute Gasteiger partial charge is 0.408 e. The second kappa shape index (κ2) is 8.71. The predicted molar refractivity (Wildman–Crippen MR) is 97.2 cm³/mol. The maximum absolute atomic E-state index is 12.3. The maximum atomic E-state index is 12.3. The highest BCUT2D eigenvalue weighted by Crippen LogP contribution is 2.30. The van der Waals surface area contributed by atoms with E-state index in [4.69, 9.17) is 4.74 Å². The highest BCUT2D eigenvalue weighted by atomic mass is 35.5. The number of carbonyl (C=O) groups excluding carboxylic acids is 1. The summed E-state index contributed by atoms with van der Waals surface area (Å²) in [5.74, 6) is 0. The molecule has 1 aliphatic rings. The van der Waals surface area contributed by atoms with E-state index in [1.54, 1.807) is 0 Å². The first-order valence-electron chi connectivity index (χ1n) is 8.04. The number of ether oxygens (including phenoxy) is 1. The van der Waals surface area contributed by atoms with Gasteiger partial charge in [0.1, 0.15) is 6.61 Å². The van der Waals surface area contributed by atoms with Gasteiger partial charge in [0.25, 0.3) is 0 Å². The Morgan fingerprint density at radius 3 is 2.21 bits per heavy atom. The summed E-state index contributed by atoms with van der Waals surface area (Å²) in [4.78, 5) is 12.3. The molecule has 0 aliphatic carbocycles. The molecule has 1 fully saturated rings. The van der Waals surface area contributed by atoms with Crippen molar-refractivity contribution in [1.29, 1.82) is 0 Å². The molecule has 128 valence electrons. The van der Waals surface area contributed by atoms with Crippen LogP contribution in [0.4, 0.5) is 4.79 Å². The summed E-state index contributed by atoms with van der Waals surface area (Å²) >= 11 is 0. The first-order valence-corrected chi connectivity index (χ1v) is 8.04. The number of rotatable bonds is 4. The van der Waals surface area contributed by atoms with Gasteiger partial charge in [-0.3, -0.25) is 0 Å². The van der Waals surface area contributed by atoms with Gasteiger partial charge in [-0.05, 0) is 37.1 Å². The highest BCUT2D eigenvalue weighted by molar-refractivity contribution is 5.85. The summed E-state index contributed by atoms with van der Waals surface area (Å²) in [6.45, 7) is 2.05. The molecule has 1 amide bonds. The van der Waals surface area contributed by atoms with Gasteiger partial charge in [0.2, 0.25) is 0 Å². The molecule has 0 radical (unpaired) electrons. The third-order valence-corrected chi connectivity index (χ3v) is 4.34. The summed E-state index contributed by atoms with van der Waals surface area (Å²) in [6, 6.07) is 19.9. The van der Waals surface area contributed by atoms with Crippen molar-refractivity contribution >= 4 is 18.5 Å². The normalized spacial score (nSPS) is 15.8. The van der Waals surface area contributed by atoms with E-state index in [-0.39, 0.29) is 30.6 Å². The molecule has 0 spiro atoms. The van der Waals surface area contributed by atoms with Crippen LogP contribution in [0.2, 0.25) is 0 Å². The van der Waals surface area contributed by atoms with E-state index in [2.05, 4.69) is 22.8 Å². The van der Waals surface area contributed by atoms with Crippen molar-refractivity contribution in [2.45, 2.75) is 25.0 Å². The number of amides is 1. The summed E-state index contributed by atoms with van der Waals surface area (Å²) in [5.41, 5.74) is 1.78. The Bertz CT molecular complexity index is 628. The Kier molecular flexibility index (Phi) is 6.64. The lowest BCUT2D eigenvalue weighted by atomic mass is 9.81. The fraction of sp³-hybridized carbons (Fsp3) is 0.316. The lowest BCUT2D eigenvalue weighted by Gasteiger charge is -2.38. The summed E-state index contributed by atoms with van der Waals surface area (Å²) in [6.07, 6.45) is 1.36. The third-order valence-electron chi connectivity index (χ3n) is 4.34. The summed E-state index contributed by atoms with van der Waals surface area (Å²) in [5, 5.41) is 6.47. The second-order valence-corrected chi connectivity index (χ2v) is 5.88. The van der Waals surface area contributed by atoms with Crippen molar-refractivity contribution in [1.82, 2.24) is 10.6 Å². The van der Waals surface area contributed by atoms with E-state index < -0.39 is 0 Å². The van der Waals surface area contributed by atoms with E-state index in [1.807, 2.05) is 48.5 Å². The number of carbonyl (C=O) groups is 1. The molecule has 0 aromatic heterocycles. The first kappa shape index (κ1) is 18.3. The molecule has 1 aliphatic heterocycles. The molecule has 0 bridgehead atoms. The monoisotopic (exact) mass is 346 g/mol. The molecule has 24 heavy (non-hydrogen) atoms. The van der Waals surface area contributed by atoms with Crippen molar-refractivity contribution < 1.29 is 9.53 Å². The Morgan fingerprint density at radius 1 is 1.00 bits per heavy atom. The van der Waals surface area contributed by atoms with Crippen LogP contribution in [-0.2, 0) is 16.9 Å². The Labute approximate surface area is 149 Å². The second-order valence-electron chi connectivity index (χ2n) is 5.88. The number of hydrogen-bond acceptors (Lipinski definition) is 3. The number of benzene rings is 2. The van der Waals surface area contributed by atoms with Crippen LogP contribution in [0, 0.1) is 0 Å². The van der Waals surface area contributed by atoms with Gasteiger partial charge in [-0.2, -0.15) is 0 Å². The van der Waals surface area contributed by atoms with Gasteiger partial charge in [0.15, 0.2) is 0 Å². The lowest BCUT2D eigenvalue weighted by molar-refractivity contribution is 0.118. The van der Waals surface area contributed by atoms with Gasteiger partial charge in [-0.1, -0.05) is 60.7 Å². The Morgan fingerprint density at radius 2 is 1.58 bits per heavy atom. The minimum absolute atomic E-state index is 0. The van der Waals surface area contributed by atoms with Gasteiger partial charge in [-0.15, -0.1) is 12.4 Å². The maximum Gasteiger partial charge on any atom is 0.408 e. The van der Waals surface area contributed by atoms with Crippen molar-refractivity contribution in [3.8, 4) is 0 Å². The minimum Gasteiger partial charge on any atom is -0.445 e. The van der Waals surface area contributed by atoms with Crippen LogP contribution in [0.15, 0.2) is 60.7 Å². The lowest BCUT2D eigenvalue weighted by Crippen LogP contribution is -2.52. The predicted octanol–water partition coefficient (Wildman–Crippen LogP) is 3.61. The summed E-state index contributed by atoms with van der Waals surface area (Å²) in [7, 11) is 0. The van der Waals surface area contributed by atoms with Crippen LogP contribution in [0.5, 0.6) is 0 Å². The molecule has 3 rings (SSSR count). The van der Waals surface area contributed by atoms with E-state index in [9.17, 15) is 4.79 Å². The first-order chi connectivity index (χ1) is 11.3. The van der Waals surface area contributed by atoms with Crippen molar-refractivity contribution in [3.63, 3.8) is 0 Å². The molecule has 1 heterocycles. The standard InChI is InChI=1S/C19H22N2O2.ClH/c22-18(23-15-16-7-3-1-4-8-16)21-19(11-13-20-14-12-19)17-9-5-2-6-10-17;/h1-10,20H,11-15H2,(H,21,22);1H. The van der Waals surface area contributed by atoms with Crippen LogP contribution >= 0.6 is 12.4 Å². The number of alkyl carbamates (subject to hydrolysis) is 1. The van der Waals surface area contributed by atoms with E-state index in [0.717, 1.165) is 37.1 Å². The average Bonchev–Trinajstić information content (AvgIpc) is 2.62. The molecule has 5 heteroatoms. The zero-order valence-corrected chi connectivity index (χ0v) is 14.4. The fourth-order valence-electron chi connectivity index (χ4n) is 3.05. The molecule has 1 saturated heterocycles. The molecule has 2 aromatic rings. The summed E-state index contributed by atoms with van der Waals surface area (Å²) < 4.78 is 5.41.